The van der Waals surface area contributed by atoms with Crippen LogP contribution < -0.4 is 31.2 Å². The maximum atomic E-state index is 12.4. The Morgan fingerprint density at radius 1 is 0.840 bits per heavy atom. The standard InChI is InChI=1S/C51H62N13O10P/c1-34(2)64(35(3)4)75(72-30-12-25-54)74-41-31-43(73-42(41)32-71-51(36-13-8-7-9-14-36,37-15-19-39(67-5)20-16-37)38-17-21-40(68-6)22-18-38)63-33-58-44-45(55)59-47(60-46(44)63)56-26-27-57-48(61-49(65)69-28-10-23-52)62-50(66)70-29-11-24-53/h7-9,13-22,33-35,41-43H,10-12,26-32H2,1-6H3,(H3,55,56,59,60)(H2,57,61,62,65,66)/t41-,42+,43+,75?/m0/s1. The molecule has 0 aliphatic carbocycles. The normalized spacial score (nSPS) is 15.6. The van der Waals surface area contributed by atoms with Crippen molar-refractivity contribution in [3.05, 3.63) is 102 Å². The lowest BCUT2D eigenvalue weighted by molar-refractivity contribution is -0.0912. The van der Waals surface area contributed by atoms with Gasteiger partial charge in [0.1, 0.15) is 48.2 Å². The second-order valence-electron chi connectivity index (χ2n) is 17.1. The average molecular weight is 1050 g/mol. The van der Waals surface area contributed by atoms with Crippen LogP contribution in [0.1, 0.15) is 76.3 Å². The van der Waals surface area contributed by atoms with Gasteiger partial charge in [0, 0.05) is 25.0 Å². The molecule has 0 radical (unpaired) electrons. The highest BCUT2D eigenvalue weighted by Crippen LogP contribution is 2.51. The minimum Gasteiger partial charge on any atom is -0.497 e. The van der Waals surface area contributed by atoms with Gasteiger partial charge in [0.15, 0.2) is 11.5 Å². The number of carbonyl (C=O) groups is 2. The Morgan fingerprint density at radius 3 is 1.95 bits per heavy atom. The van der Waals surface area contributed by atoms with Crippen molar-refractivity contribution >= 4 is 49.6 Å². The topological polar surface area (TPSA) is 301 Å². The summed E-state index contributed by atoms with van der Waals surface area (Å²) in [5, 5.41) is 34.8. The number of carbonyl (C=O) groups excluding carboxylic acids is 2. The fraction of sp³-hybridized carbons (Fsp3) is 0.431. The molecule has 3 heterocycles. The van der Waals surface area contributed by atoms with E-state index in [1.165, 1.54) is 0 Å². The summed E-state index contributed by atoms with van der Waals surface area (Å²) in [4.78, 5) is 42.8. The Morgan fingerprint density at radius 2 is 1.40 bits per heavy atom. The van der Waals surface area contributed by atoms with E-state index in [1.54, 1.807) is 25.1 Å². The number of nitrogens with zero attached hydrogens (tertiary/aromatic N) is 9. The molecule has 4 atom stereocenters. The highest BCUT2D eigenvalue weighted by molar-refractivity contribution is 7.44. The van der Waals surface area contributed by atoms with Crippen molar-refractivity contribution in [3.8, 4) is 29.7 Å². The van der Waals surface area contributed by atoms with Crippen molar-refractivity contribution in [2.45, 2.75) is 89.5 Å². The number of ether oxygens (including phenoxy) is 6. The first-order valence-electron chi connectivity index (χ1n) is 24.1. The molecule has 396 valence electrons. The zero-order chi connectivity index (χ0) is 53.7. The predicted octanol–water partition coefficient (Wildman–Crippen LogP) is 7.43. The number of amides is 2. The van der Waals surface area contributed by atoms with Gasteiger partial charge in [-0.15, -0.1) is 0 Å². The van der Waals surface area contributed by atoms with Gasteiger partial charge in [-0.1, -0.05) is 54.6 Å². The fourth-order valence-corrected chi connectivity index (χ4v) is 9.90. The second-order valence-corrected chi connectivity index (χ2v) is 18.5. The van der Waals surface area contributed by atoms with E-state index in [0.717, 1.165) is 16.7 Å². The summed E-state index contributed by atoms with van der Waals surface area (Å²) >= 11 is 0. The monoisotopic (exact) mass is 1050 g/mol. The van der Waals surface area contributed by atoms with Gasteiger partial charge >= 0.3 is 12.2 Å². The first kappa shape index (κ1) is 56.6. The van der Waals surface area contributed by atoms with E-state index >= 15 is 0 Å². The number of rotatable bonds is 25. The smallest absolute Gasteiger partial charge is 0.413 e. The minimum atomic E-state index is -1.74. The largest absolute Gasteiger partial charge is 0.497 e. The van der Waals surface area contributed by atoms with Gasteiger partial charge in [0.05, 0.1) is 83.9 Å². The van der Waals surface area contributed by atoms with Gasteiger partial charge in [-0.25, -0.2) is 19.2 Å². The molecule has 0 saturated carbocycles. The Bertz CT molecular complexity index is 2710. The number of methoxy groups -OCH3 is 2. The molecule has 75 heavy (non-hydrogen) atoms. The molecule has 24 heteroatoms. The lowest BCUT2D eigenvalue weighted by atomic mass is 9.80. The lowest BCUT2D eigenvalue weighted by Gasteiger charge is -2.39. The molecule has 2 amide bonds. The number of nitrogens with one attached hydrogen (secondary N) is 3. The number of anilines is 2. The summed E-state index contributed by atoms with van der Waals surface area (Å²) in [6.45, 7) is 8.11. The number of hydrogen-bond donors (Lipinski definition) is 4. The SMILES string of the molecule is COc1ccc(C(OC[C@H]2O[C@@H](n3cnc4c(N)nc(NCCN=C(NC(=O)OCCC#N)NC(=O)OCCC#N)nc43)C[C@@H]2OP(OCCC#N)N(C(C)C)C(C)C)(c2ccccc2)c2ccc(OC)cc2)cc1. The van der Waals surface area contributed by atoms with Crippen molar-refractivity contribution in [1.82, 2.24) is 34.8 Å². The quantitative estimate of drug-likeness (QED) is 0.0145. The van der Waals surface area contributed by atoms with Crippen LogP contribution in [-0.4, -0.2) is 120 Å². The molecule has 5 aromatic rings. The predicted molar refractivity (Wildman–Crippen MR) is 277 cm³/mol. The number of nitrogen functional groups attached to an aromatic ring is 1. The summed E-state index contributed by atoms with van der Waals surface area (Å²) in [6, 6.07) is 31.3. The molecule has 1 unspecified atom stereocenters. The van der Waals surface area contributed by atoms with E-state index in [0.29, 0.717) is 22.7 Å². The summed E-state index contributed by atoms with van der Waals surface area (Å²) in [7, 11) is 1.49. The molecule has 1 aliphatic heterocycles. The van der Waals surface area contributed by atoms with Crippen LogP contribution in [-0.2, 0) is 33.6 Å². The molecule has 23 nitrogen and oxygen atoms in total. The van der Waals surface area contributed by atoms with Crippen LogP contribution in [0.25, 0.3) is 11.2 Å². The number of nitriles is 3. The van der Waals surface area contributed by atoms with E-state index in [9.17, 15) is 14.9 Å². The molecule has 1 aliphatic rings. The summed E-state index contributed by atoms with van der Waals surface area (Å²) in [6.07, 6.45) is -2.08. The molecular formula is C51H62N13O10P. The molecule has 6 rings (SSSR count). The fourth-order valence-electron chi connectivity index (χ4n) is 8.14. The van der Waals surface area contributed by atoms with Crippen LogP contribution in [0.5, 0.6) is 11.5 Å². The highest BCUT2D eigenvalue weighted by atomic mass is 31.2. The first-order chi connectivity index (χ1) is 36.3. The van der Waals surface area contributed by atoms with E-state index < -0.39 is 44.7 Å². The van der Waals surface area contributed by atoms with Gasteiger partial charge < -0.3 is 48.5 Å². The highest BCUT2D eigenvalue weighted by Gasteiger charge is 2.45. The van der Waals surface area contributed by atoms with Crippen LogP contribution >= 0.6 is 8.53 Å². The number of aliphatic imine (C=N–C) groups is 1. The third kappa shape index (κ3) is 15.0. The number of nitrogens with two attached hydrogens (primary N) is 1. The number of imidazole rings is 1. The van der Waals surface area contributed by atoms with E-state index in [-0.39, 0.29) is 95.0 Å². The second kappa shape index (κ2) is 28.1. The number of benzene rings is 3. The molecule has 5 N–H and O–H groups in total. The van der Waals surface area contributed by atoms with E-state index in [4.69, 9.17) is 58.7 Å². The molecular weight excluding hydrogens is 986 g/mol. The molecule has 3 aromatic carbocycles. The third-order valence-corrected chi connectivity index (χ3v) is 13.6. The van der Waals surface area contributed by atoms with E-state index in [1.807, 2.05) is 91.0 Å². The Labute approximate surface area is 436 Å². The third-order valence-electron chi connectivity index (χ3n) is 11.5. The van der Waals surface area contributed by atoms with Crippen LogP contribution in [0.3, 0.4) is 0 Å². The van der Waals surface area contributed by atoms with Crippen molar-refractivity contribution in [2.75, 3.05) is 64.8 Å². The number of guanidine groups is 1. The zero-order valence-electron chi connectivity index (χ0n) is 42.7. The molecule has 0 spiro atoms. The zero-order valence-corrected chi connectivity index (χ0v) is 43.6. The lowest BCUT2D eigenvalue weighted by Crippen LogP contribution is -2.44. The molecule has 0 bridgehead atoms. The van der Waals surface area contributed by atoms with Crippen molar-refractivity contribution in [2.24, 2.45) is 4.99 Å². The number of fused-ring (bicyclic) bond motifs is 1. The average Bonchev–Trinajstić information content (AvgIpc) is 4.03. The Balaban J connectivity index is 1.34. The number of hydrogen-bond acceptors (Lipinski definition) is 20. The maximum Gasteiger partial charge on any atom is 0.413 e. The van der Waals surface area contributed by atoms with Crippen LogP contribution in [0.4, 0.5) is 21.4 Å². The summed E-state index contributed by atoms with van der Waals surface area (Å²) in [5.74, 6) is 1.24. The maximum absolute atomic E-state index is 12.4. The van der Waals surface area contributed by atoms with Gasteiger partial charge in [0.2, 0.25) is 11.9 Å². The van der Waals surface area contributed by atoms with Gasteiger partial charge in [-0.05, 0) is 68.7 Å². The number of aromatic nitrogens is 4. The summed E-state index contributed by atoms with van der Waals surface area (Å²) in [5.41, 5.74) is 8.47. The van der Waals surface area contributed by atoms with Crippen molar-refractivity contribution in [3.63, 3.8) is 0 Å². The van der Waals surface area contributed by atoms with Gasteiger partial charge in [0.25, 0.3) is 8.53 Å². The Kier molecular flexibility index (Phi) is 21.2. The van der Waals surface area contributed by atoms with Crippen LogP contribution in [0.2, 0.25) is 0 Å². The van der Waals surface area contributed by atoms with E-state index in [2.05, 4.69) is 69.3 Å². The molecule has 1 saturated heterocycles. The number of alkyl carbamates (subject to hydrolysis) is 2. The first-order valence-corrected chi connectivity index (χ1v) is 25.3. The van der Waals surface area contributed by atoms with Crippen molar-refractivity contribution < 1.29 is 47.1 Å². The van der Waals surface area contributed by atoms with Crippen LogP contribution in [0.15, 0.2) is 90.2 Å². The Hall–Kier alpha value is -7.68. The molecule has 2 aromatic heterocycles. The van der Waals surface area contributed by atoms with Crippen molar-refractivity contribution in [1.29, 1.82) is 15.8 Å². The van der Waals surface area contributed by atoms with Gasteiger partial charge in [-0.2, -0.15) is 25.8 Å². The van der Waals surface area contributed by atoms with Crippen LogP contribution in [0, 0.1) is 34.0 Å². The molecule has 1 fully saturated rings. The minimum absolute atomic E-state index is 0.0107. The summed E-state index contributed by atoms with van der Waals surface area (Å²) < 4.78 is 52.9. The van der Waals surface area contributed by atoms with Gasteiger partial charge in [-0.3, -0.25) is 20.2 Å².